The highest BCUT2D eigenvalue weighted by Gasteiger charge is 2.50. The van der Waals surface area contributed by atoms with Gasteiger partial charge in [-0.2, -0.15) is 0 Å². The second-order valence-corrected chi connectivity index (χ2v) is 12.6. The average Bonchev–Trinajstić information content (AvgIpc) is 3.19. The molecule has 182 valence electrons. The van der Waals surface area contributed by atoms with Crippen molar-refractivity contribution in [2.45, 2.75) is 77.4 Å². The molecule has 4 amide bonds. The summed E-state index contributed by atoms with van der Waals surface area (Å²) in [5.74, 6) is -0.945. The van der Waals surface area contributed by atoms with Crippen LogP contribution in [0, 0.1) is 0 Å². The highest BCUT2D eigenvalue weighted by molar-refractivity contribution is 7.91. The van der Waals surface area contributed by atoms with E-state index >= 15 is 0 Å². The molecule has 9 heteroatoms. The average molecular weight is 478 g/mol. The molecule has 0 radical (unpaired) electrons. The molecule has 0 saturated carbocycles. The predicted octanol–water partition coefficient (Wildman–Crippen LogP) is 2.57. The minimum atomic E-state index is -3.19. The number of sulfone groups is 1. The van der Waals surface area contributed by atoms with E-state index in [1.165, 1.54) is 0 Å². The summed E-state index contributed by atoms with van der Waals surface area (Å²) in [7, 11) is -3.19. The lowest BCUT2D eigenvalue weighted by atomic mass is 9.84. The van der Waals surface area contributed by atoms with Crippen LogP contribution in [0.1, 0.15) is 65.5 Å². The Morgan fingerprint density at radius 1 is 1.24 bits per heavy atom. The number of amides is 4. The van der Waals surface area contributed by atoms with Crippen LogP contribution in [0.2, 0.25) is 0 Å². The number of rotatable bonds is 6. The maximum atomic E-state index is 13.3. The van der Waals surface area contributed by atoms with Gasteiger partial charge in [-0.3, -0.25) is 14.5 Å². The Balaban J connectivity index is 1.81. The third-order valence-electron chi connectivity index (χ3n) is 6.85. The van der Waals surface area contributed by atoms with Gasteiger partial charge >= 0.3 is 6.03 Å². The van der Waals surface area contributed by atoms with Crippen LogP contribution >= 0.6 is 0 Å². The number of urea groups is 1. The summed E-state index contributed by atoms with van der Waals surface area (Å²) in [5, 5.41) is 2.75. The van der Waals surface area contributed by atoms with Crippen molar-refractivity contribution in [2.24, 2.45) is 0 Å². The van der Waals surface area contributed by atoms with E-state index in [0.717, 1.165) is 10.5 Å². The molecular formula is C24H35N3O5S. The first-order chi connectivity index (χ1) is 15.2. The van der Waals surface area contributed by atoms with Crippen molar-refractivity contribution in [1.82, 2.24) is 15.1 Å². The van der Waals surface area contributed by atoms with Gasteiger partial charge in [0.15, 0.2) is 9.84 Å². The molecular weight excluding hydrogens is 442 g/mol. The first-order valence-corrected chi connectivity index (χ1v) is 13.3. The highest BCUT2D eigenvalue weighted by Crippen LogP contribution is 2.31. The molecule has 0 bridgehead atoms. The lowest BCUT2D eigenvalue weighted by Gasteiger charge is -2.34. The van der Waals surface area contributed by atoms with Gasteiger partial charge in [0.2, 0.25) is 5.91 Å². The van der Waals surface area contributed by atoms with E-state index in [1.807, 2.05) is 38.1 Å². The first kappa shape index (κ1) is 25.2. The van der Waals surface area contributed by atoms with Gasteiger partial charge in [0.05, 0.1) is 11.5 Å². The number of imide groups is 1. The van der Waals surface area contributed by atoms with Gasteiger partial charge in [0, 0.05) is 12.1 Å². The molecule has 0 unspecified atom stereocenters. The largest absolute Gasteiger partial charge is 0.334 e. The molecule has 8 nitrogen and oxygen atoms in total. The molecule has 0 spiro atoms. The number of nitrogens with one attached hydrogen (secondary N) is 1. The fraction of sp³-hybridized carbons (Fsp3) is 0.625. The van der Waals surface area contributed by atoms with Gasteiger partial charge in [-0.05, 0) is 43.2 Å². The quantitative estimate of drug-likeness (QED) is 0.634. The molecule has 1 aromatic carbocycles. The number of carbonyl (C=O) groups excluding carboxylic acids is 3. The van der Waals surface area contributed by atoms with Crippen LogP contribution in [0.25, 0.3) is 0 Å². The molecule has 2 fully saturated rings. The predicted molar refractivity (Wildman–Crippen MR) is 126 cm³/mol. The Morgan fingerprint density at radius 3 is 2.33 bits per heavy atom. The standard InChI is InChI=1S/C24H35N3O5S/c1-7-16(2)27(19-12-13-33(31,32)15-19)20(28)14-26-21(29)24(6,25-22(26)30)18-10-8-17(9-11-18)23(3,4)5/h8-11,16,19H,7,12-15H2,1-6H3,(H,25,30)/t16-,19+,24-/m0/s1. The molecule has 1 N–H and O–H groups in total. The molecule has 0 aliphatic carbocycles. The van der Waals surface area contributed by atoms with E-state index in [4.69, 9.17) is 0 Å². The molecule has 1 aromatic rings. The third kappa shape index (κ3) is 4.93. The second kappa shape index (κ2) is 8.74. The Morgan fingerprint density at radius 2 is 1.85 bits per heavy atom. The number of benzene rings is 1. The van der Waals surface area contributed by atoms with Crippen LogP contribution in [-0.2, 0) is 30.4 Å². The molecule has 3 atom stereocenters. The lowest BCUT2D eigenvalue weighted by molar-refractivity contribution is -0.141. The third-order valence-corrected chi connectivity index (χ3v) is 8.60. The summed E-state index contributed by atoms with van der Waals surface area (Å²) in [4.78, 5) is 41.8. The fourth-order valence-electron chi connectivity index (χ4n) is 4.56. The topological polar surface area (TPSA) is 104 Å². The van der Waals surface area contributed by atoms with Gasteiger partial charge in [0.1, 0.15) is 12.1 Å². The molecule has 2 aliphatic rings. The van der Waals surface area contributed by atoms with Crippen molar-refractivity contribution < 1.29 is 22.8 Å². The maximum Gasteiger partial charge on any atom is 0.325 e. The number of carbonyl (C=O) groups is 3. The summed E-state index contributed by atoms with van der Waals surface area (Å²) in [6.07, 6.45) is 1.01. The van der Waals surface area contributed by atoms with E-state index < -0.39 is 45.8 Å². The molecule has 33 heavy (non-hydrogen) atoms. The van der Waals surface area contributed by atoms with Crippen LogP contribution in [-0.4, -0.2) is 66.2 Å². The lowest BCUT2D eigenvalue weighted by Crippen LogP contribution is -2.51. The van der Waals surface area contributed by atoms with Crippen molar-refractivity contribution in [3.8, 4) is 0 Å². The molecule has 2 aliphatic heterocycles. The zero-order valence-electron chi connectivity index (χ0n) is 20.3. The molecule has 2 saturated heterocycles. The van der Waals surface area contributed by atoms with Crippen LogP contribution in [0.15, 0.2) is 24.3 Å². The van der Waals surface area contributed by atoms with Crippen molar-refractivity contribution in [1.29, 1.82) is 0 Å². The maximum absolute atomic E-state index is 13.3. The Hall–Kier alpha value is -2.42. The van der Waals surface area contributed by atoms with E-state index in [9.17, 15) is 22.8 Å². The van der Waals surface area contributed by atoms with E-state index in [0.29, 0.717) is 18.4 Å². The zero-order chi connectivity index (χ0) is 24.8. The minimum Gasteiger partial charge on any atom is -0.334 e. The zero-order valence-corrected chi connectivity index (χ0v) is 21.2. The fourth-order valence-corrected chi connectivity index (χ4v) is 6.27. The van der Waals surface area contributed by atoms with Crippen LogP contribution < -0.4 is 5.32 Å². The van der Waals surface area contributed by atoms with E-state index in [2.05, 4.69) is 26.1 Å². The summed E-state index contributed by atoms with van der Waals surface area (Å²) in [6.45, 7) is 11.3. The van der Waals surface area contributed by atoms with E-state index in [1.54, 1.807) is 11.8 Å². The van der Waals surface area contributed by atoms with Crippen molar-refractivity contribution in [2.75, 3.05) is 18.1 Å². The Bertz CT molecular complexity index is 1040. The summed E-state index contributed by atoms with van der Waals surface area (Å²) in [6, 6.07) is 6.29. The molecule has 3 rings (SSSR count). The Labute approximate surface area is 196 Å². The summed E-state index contributed by atoms with van der Waals surface area (Å²) >= 11 is 0. The number of hydrogen-bond donors (Lipinski definition) is 1. The van der Waals surface area contributed by atoms with Crippen LogP contribution in [0.3, 0.4) is 0 Å². The van der Waals surface area contributed by atoms with Gasteiger partial charge in [-0.1, -0.05) is 52.0 Å². The normalized spacial score (nSPS) is 25.8. The Kier molecular flexibility index (Phi) is 6.68. The summed E-state index contributed by atoms with van der Waals surface area (Å²) in [5.41, 5.74) is 0.429. The number of hydrogen-bond acceptors (Lipinski definition) is 5. The summed E-state index contributed by atoms with van der Waals surface area (Å²) < 4.78 is 24.0. The van der Waals surface area contributed by atoms with Crippen molar-refractivity contribution in [3.63, 3.8) is 0 Å². The van der Waals surface area contributed by atoms with Gasteiger partial charge < -0.3 is 10.2 Å². The van der Waals surface area contributed by atoms with Crippen LogP contribution in [0.4, 0.5) is 4.79 Å². The van der Waals surface area contributed by atoms with E-state index in [-0.39, 0.29) is 23.0 Å². The minimum absolute atomic E-state index is 0.0453. The smallest absolute Gasteiger partial charge is 0.325 e. The second-order valence-electron chi connectivity index (χ2n) is 10.4. The van der Waals surface area contributed by atoms with Crippen LogP contribution in [0.5, 0.6) is 0 Å². The van der Waals surface area contributed by atoms with Gasteiger partial charge in [0.25, 0.3) is 5.91 Å². The van der Waals surface area contributed by atoms with Crippen molar-refractivity contribution in [3.05, 3.63) is 35.4 Å². The monoisotopic (exact) mass is 477 g/mol. The van der Waals surface area contributed by atoms with Gasteiger partial charge in [-0.15, -0.1) is 0 Å². The highest BCUT2D eigenvalue weighted by atomic mass is 32.2. The molecule has 0 aromatic heterocycles. The van der Waals surface area contributed by atoms with Crippen molar-refractivity contribution >= 4 is 27.7 Å². The number of nitrogens with zero attached hydrogens (tertiary/aromatic N) is 2. The molecule has 2 heterocycles. The first-order valence-electron chi connectivity index (χ1n) is 11.5. The van der Waals surface area contributed by atoms with Gasteiger partial charge in [-0.25, -0.2) is 13.2 Å². The SMILES string of the molecule is CC[C@H](C)N(C(=O)CN1C(=O)N[C@@](C)(c2ccc(C(C)(C)C)cc2)C1=O)[C@@H]1CCS(=O)(=O)C1.